The van der Waals surface area contributed by atoms with Crippen molar-refractivity contribution >= 4 is 23.2 Å². The van der Waals surface area contributed by atoms with Crippen molar-refractivity contribution in [2.75, 3.05) is 0 Å². The van der Waals surface area contributed by atoms with Crippen LogP contribution in [-0.2, 0) is 12.8 Å². The molecule has 0 heterocycles. The predicted molar refractivity (Wildman–Crippen MR) is 81.3 cm³/mol. The van der Waals surface area contributed by atoms with Crippen molar-refractivity contribution in [3.05, 3.63) is 69.2 Å². The van der Waals surface area contributed by atoms with E-state index in [2.05, 4.69) is 5.43 Å². The molecule has 0 radical (unpaired) electrons. The van der Waals surface area contributed by atoms with Crippen LogP contribution in [0.2, 0.25) is 10.0 Å². The van der Waals surface area contributed by atoms with Crippen molar-refractivity contribution in [1.82, 2.24) is 5.43 Å². The van der Waals surface area contributed by atoms with Gasteiger partial charge in [-0.3, -0.25) is 11.3 Å². The maximum atomic E-state index is 13.7. The lowest BCUT2D eigenvalue weighted by atomic mass is 9.98. The van der Waals surface area contributed by atoms with Crippen LogP contribution in [0.25, 0.3) is 0 Å². The number of hydrogen-bond acceptors (Lipinski definition) is 2. The standard InChI is InChI=1S/C15H14Cl2F2N2/c16-12-3-1-4-13(17)10(12)7-9(21-20)8-11-14(18)5-2-6-15(11)19/h1-6,9,21H,7-8,20H2. The van der Waals surface area contributed by atoms with Crippen LogP contribution in [-0.4, -0.2) is 6.04 Å². The topological polar surface area (TPSA) is 38.0 Å². The van der Waals surface area contributed by atoms with E-state index in [0.29, 0.717) is 22.0 Å². The summed E-state index contributed by atoms with van der Waals surface area (Å²) in [6.45, 7) is 0. The Balaban J connectivity index is 2.21. The van der Waals surface area contributed by atoms with Gasteiger partial charge in [0.2, 0.25) is 0 Å². The zero-order valence-electron chi connectivity index (χ0n) is 11.0. The molecule has 21 heavy (non-hydrogen) atoms. The summed E-state index contributed by atoms with van der Waals surface area (Å²) >= 11 is 12.2. The van der Waals surface area contributed by atoms with E-state index in [1.807, 2.05) is 0 Å². The summed E-state index contributed by atoms with van der Waals surface area (Å²) in [4.78, 5) is 0. The Kier molecular flexibility index (Phi) is 5.53. The summed E-state index contributed by atoms with van der Waals surface area (Å²) in [6, 6.07) is 8.51. The Labute approximate surface area is 131 Å². The van der Waals surface area contributed by atoms with E-state index < -0.39 is 17.7 Å². The number of benzene rings is 2. The molecule has 0 aliphatic heterocycles. The molecule has 0 aliphatic carbocycles. The predicted octanol–water partition coefficient (Wildman–Crippen LogP) is 3.89. The van der Waals surface area contributed by atoms with Gasteiger partial charge in [0.25, 0.3) is 0 Å². The van der Waals surface area contributed by atoms with Crippen molar-refractivity contribution in [3.63, 3.8) is 0 Å². The highest BCUT2D eigenvalue weighted by Crippen LogP contribution is 2.26. The molecule has 0 saturated carbocycles. The molecule has 0 amide bonds. The first-order valence-electron chi connectivity index (χ1n) is 6.34. The van der Waals surface area contributed by atoms with Crippen LogP contribution >= 0.6 is 23.2 Å². The van der Waals surface area contributed by atoms with Gasteiger partial charge in [0.05, 0.1) is 0 Å². The zero-order valence-corrected chi connectivity index (χ0v) is 12.6. The third-order valence-corrected chi connectivity index (χ3v) is 3.97. The van der Waals surface area contributed by atoms with Crippen LogP contribution < -0.4 is 11.3 Å². The fraction of sp³-hybridized carbons (Fsp3) is 0.200. The number of hydrogen-bond donors (Lipinski definition) is 2. The van der Waals surface area contributed by atoms with Crippen LogP contribution in [0, 0.1) is 11.6 Å². The molecular formula is C15H14Cl2F2N2. The fourth-order valence-corrected chi connectivity index (χ4v) is 2.69. The molecule has 3 N–H and O–H groups in total. The summed E-state index contributed by atoms with van der Waals surface area (Å²) in [7, 11) is 0. The molecule has 112 valence electrons. The first-order valence-corrected chi connectivity index (χ1v) is 7.10. The Morgan fingerprint density at radius 1 is 0.905 bits per heavy atom. The van der Waals surface area contributed by atoms with Crippen LogP contribution in [0.5, 0.6) is 0 Å². The Morgan fingerprint density at radius 3 is 1.90 bits per heavy atom. The molecule has 0 aromatic heterocycles. The van der Waals surface area contributed by atoms with Crippen LogP contribution in [0.4, 0.5) is 8.78 Å². The monoisotopic (exact) mass is 330 g/mol. The van der Waals surface area contributed by atoms with Gasteiger partial charge in [-0.15, -0.1) is 0 Å². The first-order chi connectivity index (χ1) is 10.0. The van der Waals surface area contributed by atoms with Crippen molar-refractivity contribution in [2.45, 2.75) is 18.9 Å². The fourth-order valence-electron chi connectivity index (χ4n) is 2.14. The van der Waals surface area contributed by atoms with Gasteiger partial charge in [-0.25, -0.2) is 8.78 Å². The highest BCUT2D eigenvalue weighted by molar-refractivity contribution is 6.36. The number of hydrazine groups is 1. The van der Waals surface area contributed by atoms with Gasteiger partial charge in [0.1, 0.15) is 11.6 Å². The summed E-state index contributed by atoms with van der Waals surface area (Å²) < 4.78 is 27.4. The SMILES string of the molecule is NNC(Cc1c(F)cccc1F)Cc1c(Cl)cccc1Cl. The number of halogens is 4. The molecule has 0 aliphatic rings. The zero-order chi connectivity index (χ0) is 15.4. The third-order valence-electron chi connectivity index (χ3n) is 3.26. The lowest BCUT2D eigenvalue weighted by Crippen LogP contribution is -2.39. The molecular weight excluding hydrogens is 317 g/mol. The van der Waals surface area contributed by atoms with Gasteiger partial charge in [-0.05, 0) is 42.7 Å². The summed E-state index contributed by atoms with van der Waals surface area (Å²) in [5.74, 6) is 4.29. The van der Waals surface area contributed by atoms with E-state index >= 15 is 0 Å². The minimum absolute atomic E-state index is 0.0105. The van der Waals surface area contributed by atoms with Crippen LogP contribution in [0.15, 0.2) is 36.4 Å². The second-order valence-electron chi connectivity index (χ2n) is 4.67. The van der Waals surface area contributed by atoms with Crippen LogP contribution in [0.3, 0.4) is 0 Å². The van der Waals surface area contributed by atoms with E-state index in [9.17, 15) is 8.78 Å². The van der Waals surface area contributed by atoms with E-state index in [0.717, 1.165) is 0 Å². The summed E-state index contributed by atoms with van der Waals surface area (Å²) in [5.41, 5.74) is 3.24. The molecule has 0 saturated heterocycles. The minimum Gasteiger partial charge on any atom is -0.271 e. The molecule has 0 fully saturated rings. The number of nitrogens with one attached hydrogen (secondary N) is 1. The number of nitrogens with two attached hydrogens (primary N) is 1. The maximum Gasteiger partial charge on any atom is 0.129 e. The van der Waals surface area contributed by atoms with E-state index in [-0.39, 0.29) is 12.0 Å². The molecule has 6 heteroatoms. The van der Waals surface area contributed by atoms with Crippen molar-refractivity contribution < 1.29 is 8.78 Å². The smallest absolute Gasteiger partial charge is 0.129 e. The molecule has 2 aromatic carbocycles. The van der Waals surface area contributed by atoms with Crippen molar-refractivity contribution in [3.8, 4) is 0 Å². The van der Waals surface area contributed by atoms with Gasteiger partial charge in [0, 0.05) is 21.7 Å². The molecule has 0 spiro atoms. The van der Waals surface area contributed by atoms with Gasteiger partial charge in [-0.2, -0.15) is 0 Å². The van der Waals surface area contributed by atoms with Crippen molar-refractivity contribution in [2.24, 2.45) is 5.84 Å². The van der Waals surface area contributed by atoms with Gasteiger partial charge in [-0.1, -0.05) is 35.3 Å². The second-order valence-corrected chi connectivity index (χ2v) is 5.49. The normalized spacial score (nSPS) is 12.4. The summed E-state index contributed by atoms with van der Waals surface area (Å²) in [6.07, 6.45) is 0.458. The average Bonchev–Trinajstić information content (AvgIpc) is 2.45. The van der Waals surface area contributed by atoms with Gasteiger partial charge in [0.15, 0.2) is 0 Å². The highest BCUT2D eigenvalue weighted by atomic mass is 35.5. The van der Waals surface area contributed by atoms with E-state index in [1.54, 1.807) is 18.2 Å². The molecule has 1 unspecified atom stereocenters. The highest BCUT2D eigenvalue weighted by Gasteiger charge is 2.17. The Bertz CT molecular complexity index is 541. The molecule has 2 rings (SSSR count). The Morgan fingerprint density at radius 2 is 1.38 bits per heavy atom. The first kappa shape index (κ1) is 16.2. The maximum absolute atomic E-state index is 13.7. The molecule has 2 nitrogen and oxygen atoms in total. The Hall–Kier alpha value is -1.20. The molecule has 2 aromatic rings. The number of rotatable bonds is 5. The molecule has 0 bridgehead atoms. The lowest BCUT2D eigenvalue weighted by molar-refractivity contribution is 0.484. The minimum atomic E-state index is -0.597. The van der Waals surface area contributed by atoms with Crippen molar-refractivity contribution in [1.29, 1.82) is 0 Å². The molecule has 1 atom stereocenters. The van der Waals surface area contributed by atoms with Gasteiger partial charge >= 0.3 is 0 Å². The lowest BCUT2D eigenvalue weighted by Gasteiger charge is -2.18. The quantitative estimate of drug-likeness (QED) is 0.644. The van der Waals surface area contributed by atoms with E-state index in [1.165, 1.54) is 18.2 Å². The van der Waals surface area contributed by atoms with E-state index in [4.69, 9.17) is 29.0 Å². The largest absolute Gasteiger partial charge is 0.271 e. The second kappa shape index (κ2) is 7.18. The summed E-state index contributed by atoms with van der Waals surface area (Å²) in [5, 5.41) is 0.994. The average molecular weight is 331 g/mol. The van der Waals surface area contributed by atoms with Gasteiger partial charge < -0.3 is 0 Å². The third kappa shape index (κ3) is 3.92. The van der Waals surface area contributed by atoms with Crippen LogP contribution in [0.1, 0.15) is 11.1 Å².